The maximum Gasteiger partial charge on any atom is 0.260 e. The van der Waals surface area contributed by atoms with Gasteiger partial charge in [0, 0.05) is 26.6 Å². The fraction of sp³-hybridized carbons (Fsp3) is 0.625. The zero-order valence-electron chi connectivity index (χ0n) is 9.97. The summed E-state index contributed by atoms with van der Waals surface area (Å²) >= 11 is 3.01. The summed E-state index contributed by atoms with van der Waals surface area (Å²) in [5.74, 6) is -0.206. The highest BCUT2D eigenvalue weighted by atomic mass is 79.9. The number of carbonyl (C=O) groups is 1. The van der Waals surface area contributed by atoms with Gasteiger partial charge in [-0.05, 0) is 22.9 Å². The monoisotopic (exact) mass is 339 g/mol. The minimum atomic E-state index is -3.73. The number of sulfonamides is 1. The fourth-order valence-electron chi connectivity index (χ4n) is 1.26. The molecule has 0 atom stereocenters. The molecule has 0 aliphatic carbocycles. The van der Waals surface area contributed by atoms with Gasteiger partial charge in [-0.25, -0.2) is 17.8 Å². The van der Waals surface area contributed by atoms with Gasteiger partial charge in [0.2, 0.25) is 10.9 Å². The summed E-state index contributed by atoms with van der Waals surface area (Å²) in [5, 5.41) is 9.67. The summed E-state index contributed by atoms with van der Waals surface area (Å²) in [6.07, 6.45) is 0.0793. The fourth-order valence-corrected chi connectivity index (χ4v) is 3.38. The lowest BCUT2D eigenvalue weighted by Gasteiger charge is -2.06. The number of aromatic nitrogens is 3. The van der Waals surface area contributed by atoms with E-state index in [1.54, 1.807) is 6.92 Å². The van der Waals surface area contributed by atoms with Crippen molar-refractivity contribution in [3.8, 4) is 0 Å². The summed E-state index contributed by atoms with van der Waals surface area (Å²) < 4.78 is 27.4. The molecule has 10 heteroatoms. The molecule has 0 saturated heterocycles. The van der Waals surface area contributed by atoms with E-state index in [2.05, 4.69) is 36.3 Å². The van der Waals surface area contributed by atoms with E-state index in [0.29, 0.717) is 6.54 Å². The molecule has 1 aromatic rings. The summed E-state index contributed by atoms with van der Waals surface area (Å²) in [4.78, 5) is 11.2. The van der Waals surface area contributed by atoms with Crippen LogP contribution in [0.1, 0.15) is 13.3 Å². The van der Waals surface area contributed by atoms with Crippen molar-refractivity contribution in [1.29, 1.82) is 0 Å². The second kappa shape index (κ2) is 6.25. The molecular formula is C8H14BrN5O3S. The highest BCUT2D eigenvalue weighted by Gasteiger charge is 2.23. The number of nitrogens with zero attached hydrogens (tertiary/aromatic N) is 3. The average molecular weight is 340 g/mol. The van der Waals surface area contributed by atoms with Crippen LogP contribution in [-0.4, -0.2) is 42.4 Å². The van der Waals surface area contributed by atoms with Crippen LogP contribution >= 0.6 is 15.9 Å². The van der Waals surface area contributed by atoms with Crippen molar-refractivity contribution in [3.05, 3.63) is 4.60 Å². The van der Waals surface area contributed by atoms with Crippen molar-refractivity contribution >= 4 is 31.9 Å². The highest BCUT2D eigenvalue weighted by Crippen LogP contribution is 2.17. The summed E-state index contributed by atoms with van der Waals surface area (Å²) in [6.45, 7) is 2.33. The third-order valence-corrected chi connectivity index (χ3v) is 4.36. The molecule has 0 spiro atoms. The number of carbonyl (C=O) groups excluding carboxylic acids is 1. The number of halogens is 1. The van der Waals surface area contributed by atoms with E-state index in [-0.39, 0.29) is 28.5 Å². The van der Waals surface area contributed by atoms with Crippen LogP contribution in [0.2, 0.25) is 0 Å². The Morgan fingerprint density at radius 1 is 1.50 bits per heavy atom. The molecule has 0 aliphatic heterocycles. The quantitative estimate of drug-likeness (QED) is 0.718. The zero-order chi connectivity index (χ0) is 13.8. The van der Waals surface area contributed by atoms with Crippen LogP contribution < -0.4 is 10.0 Å². The first-order valence-electron chi connectivity index (χ1n) is 5.20. The van der Waals surface area contributed by atoms with Gasteiger partial charge in [0.1, 0.15) is 0 Å². The second-order valence-electron chi connectivity index (χ2n) is 3.41. The average Bonchev–Trinajstić information content (AvgIpc) is 2.59. The Morgan fingerprint density at radius 3 is 2.67 bits per heavy atom. The molecule has 18 heavy (non-hydrogen) atoms. The molecule has 0 radical (unpaired) electrons. The minimum absolute atomic E-state index is 0.0196. The Kier molecular flexibility index (Phi) is 5.23. The molecule has 1 rings (SSSR count). The predicted octanol–water partition coefficient (Wildman–Crippen LogP) is -0.618. The Labute approximate surface area is 113 Å². The summed E-state index contributed by atoms with van der Waals surface area (Å²) in [6, 6.07) is 0. The maximum atomic E-state index is 11.9. The molecule has 8 nitrogen and oxygen atoms in total. The standard InChI is InChI=1S/C8H14BrN5O3S/c1-3-10-6(15)4-5-11-18(16,17)8-7(9)12-13-14(8)2/h11H,3-5H2,1-2H3,(H,10,15). The van der Waals surface area contributed by atoms with Gasteiger partial charge in [-0.3, -0.25) is 4.79 Å². The van der Waals surface area contributed by atoms with Crippen molar-refractivity contribution < 1.29 is 13.2 Å². The van der Waals surface area contributed by atoms with E-state index >= 15 is 0 Å². The first-order valence-corrected chi connectivity index (χ1v) is 7.47. The molecular weight excluding hydrogens is 326 g/mol. The maximum absolute atomic E-state index is 11.9. The molecule has 1 heterocycles. The van der Waals surface area contributed by atoms with E-state index in [1.165, 1.54) is 7.05 Å². The third kappa shape index (κ3) is 3.75. The molecule has 1 aromatic heterocycles. The van der Waals surface area contributed by atoms with Gasteiger partial charge in [0.05, 0.1) is 0 Å². The van der Waals surface area contributed by atoms with E-state index in [0.717, 1.165) is 4.68 Å². The lowest BCUT2D eigenvalue weighted by Crippen LogP contribution is -2.31. The highest BCUT2D eigenvalue weighted by molar-refractivity contribution is 9.10. The van der Waals surface area contributed by atoms with E-state index in [9.17, 15) is 13.2 Å². The number of aryl methyl sites for hydroxylation is 1. The van der Waals surface area contributed by atoms with Gasteiger partial charge in [-0.2, -0.15) is 0 Å². The van der Waals surface area contributed by atoms with Gasteiger partial charge < -0.3 is 5.32 Å². The lowest BCUT2D eigenvalue weighted by molar-refractivity contribution is -0.120. The van der Waals surface area contributed by atoms with Crippen LogP contribution in [0.15, 0.2) is 9.63 Å². The minimum Gasteiger partial charge on any atom is -0.356 e. The smallest absolute Gasteiger partial charge is 0.260 e. The Hall–Kier alpha value is -1.00. The Balaban J connectivity index is 2.64. The Bertz CT molecular complexity index is 507. The molecule has 1 amide bonds. The van der Waals surface area contributed by atoms with Crippen LogP contribution in [0, 0.1) is 0 Å². The van der Waals surface area contributed by atoms with Gasteiger partial charge in [0.25, 0.3) is 10.0 Å². The van der Waals surface area contributed by atoms with Gasteiger partial charge in [-0.1, -0.05) is 5.21 Å². The molecule has 0 saturated carbocycles. The SMILES string of the molecule is CCNC(=O)CCNS(=O)(=O)c1c(Br)nnn1C. The number of hydrogen-bond acceptors (Lipinski definition) is 5. The number of rotatable bonds is 6. The van der Waals surface area contributed by atoms with Crippen molar-refractivity contribution in [3.63, 3.8) is 0 Å². The van der Waals surface area contributed by atoms with E-state index < -0.39 is 10.0 Å². The van der Waals surface area contributed by atoms with Crippen molar-refractivity contribution in [1.82, 2.24) is 25.0 Å². The van der Waals surface area contributed by atoms with E-state index in [1.807, 2.05) is 0 Å². The van der Waals surface area contributed by atoms with Crippen LogP contribution in [-0.2, 0) is 21.9 Å². The largest absolute Gasteiger partial charge is 0.356 e. The zero-order valence-corrected chi connectivity index (χ0v) is 12.4. The number of hydrogen-bond donors (Lipinski definition) is 2. The molecule has 102 valence electrons. The number of amides is 1. The second-order valence-corrected chi connectivity index (χ2v) is 5.84. The van der Waals surface area contributed by atoms with Crippen molar-refractivity contribution in [2.24, 2.45) is 7.05 Å². The molecule has 0 aromatic carbocycles. The first kappa shape index (κ1) is 15.1. The van der Waals surface area contributed by atoms with Crippen LogP contribution in [0.4, 0.5) is 0 Å². The van der Waals surface area contributed by atoms with Crippen molar-refractivity contribution in [2.75, 3.05) is 13.1 Å². The summed E-state index contributed by atoms with van der Waals surface area (Å²) in [7, 11) is -2.26. The lowest BCUT2D eigenvalue weighted by atomic mass is 10.4. The third-order valence-electron chi connectivity index (χ3n) is 2.01. The molecule has 0 aliphatic rings. The molecule has 0 bridgehead atoms. The van der Waals surface area contributed by atoms with E-state index in [4.69, 9.17) is 0 Å². The van der Waals surface area contributed by atoms with Gasteiger partial charge in [0.15, 0.2) is 4.60 Å². The van der Waals surface area contributed by atoms with Crippen LogP contribution in [0.5, 0.6) is 0 Å². The van der Waals surface area contributed by atoms with Crippen molar-refractivity contribution in [2.45, 2.75) is 18.4 Å². The molecule has 0 fully saturated rings. The molecule has 2 N–H and O–H groups in total. The summed E-state index contributed by atoms with van der Waals surface area (Å²) in [5.41, 5.74) is 0. The normalized spacial score (nSPS) is 11.5. The molecule has 0 unspecified atom stereocenters. The Morgan fingerprint density at radius 2 is 2.17 bits per heavy atom. The van der Waals surface area contributed by atoms with Crippen LogP contribution in [0.25, 0.3) is 0 Å². The number of nitrogens with one attached hydrogen (secondary N) is 2. The predicted molar refractivity (Wildman–Crippen MR) is 67.2 cm³/mol. The van der Waals surface area contributed by atoms with Crippen LogP contribution in [0.3, 0.4) is 0 Å². The van der Waals surface area contributed by atoms with Gasteiger partial charge >= 0.3 is 0 Å². The first-order chi connectivity index (χ1) is 8.38. The topological polar surface area (TPSA) is 106 Å². The van der Waals surface area contributed by atoms with Gasteiger partial charge in [-0.15, -0.1) is 5.10 Å².